The van der Waals surface area contributed by atoms with Crippen LogP contribution in [0.15, 0.2) is 0 Å². The first kappa shape index (κ1) is 24.0. The molecule has 146 valence electrons. The molecule has 0 radical (unpaired) electrons. The van der Waals surface area contributed by atoms with Gasteiger partial charge in [0.25, 0.3) is 0 Å². The van der Waals surface area contributed by atoms with Gasteiger partial charge in [0.2, 0.25) is 0 Å². The Hall–Kier alpha value is -0.0400. The Labute approximate surface area is 154 Å². The summed E-state index contributed by atoms with van der Waals surface area (Å²) in [7, 11) is 0. The van der Waals surface area contributed by atoms with Crippen molar-refractivity contribution in [3.05, 3.63) is 0 Å². The maximum atomic E-state index is 5.80. The standard InChI is InChI=1S/C23H49N/c1-5-8-11-12-14-19-23(4,18-10-7-3)21-22(17-15-20-24)16-13-9-6-2/h22H,5-21,24H2,1-4H3. The van der Waals surface area contributed by atoms with Crippen LogP contribution in [-0.2, 0) is 0 Å². The van der Waals surface area contributed by atoms with E-state index in [0.717, 1.165) is 12.5 Å². The lowest BCUT2D eigenvalue weighted by atomic mass is 9.71. The van der Waals surface area contributed by atoms with Crippen molar-refractivity contribution in [3.8, 4) is 0 Å². The van der Waals surface area contributed by atoms with Crippen molar-refractivity contribution in [3.63, 3.8) is 0 Å². The Morgan fingerprint density at radius 3 is 1.83 bits per heavy atom. The minimum absolute atomic E-state index is 0.577. The number of unbranched alkanes of at least 4 members (excludes halogenated alkanes) is 7. The van der Waals surface area contributed by atoms with Gasteiger partial charge in [-0.1, -0.05) is 98.3 Å². The maximum Gasteiger partial charge on any atom is -0.00772 e. The summed E-state index contributed by atoms with van der Waals surface area (Å²) in [5.74, 6) is 0.914. The fraction of sp³-hybridized carbons (Fsp3) is 1.00. The van der Waals surface area contributed by atoms with Gasteiger partial charge < -0.3 is 5.73 Å². The number of hydrogen-bond acceptors (Lipinski definition) is 1. The van der Waals surface area contributed by atoms with E-state index in [1.165, 1.54) is 103 Å². The second-order valence-corrected chi connectivity index (χ2v) is 8.58. The molecular formula is C23H49N. The molecule has 2 atom stereocenters. The lowest BCUT2D eigenvalue weighted by molar-refractivity contribution is 0.178. The first-order valence-corrected chi connectivity index (χ1v) is 11.3. The molecule has 0 aromatic rings. The molecule has 2 N–H and O–H groups in total. The predicted molar refractivity (Wildman–Crippen MR) is 112 cm³/mol. The van der Waals surface area contributed by atoms with E-state index in [-0.39, 0.29) is 0 Å². The van der Waals surface area contributed by atoms with E-state index in [1.807, 2.05) is 0 Å². The van der Waals surface area contributed by atoms with Gasteiger partial charge in [0.15, 0.2) is 0 Å². The van der Waals surface area contributed by atoms with Crippen LogP contribution in [0.25, 0.3) is 0 Å². The van der Waals surface area contributed by atoms with Crippen molar-refractivity contribution < 1.29 is 0 Å². The summed E-state index contributed by atoms with van der Waals surface area (Å²) in [6, 6.07) is 0. The van der Waals surface area contributed by atoms with E-state index < -0.39 is 0 Å². The average molecular weight is 340 g/mol. The van der Waals surface area contributed by atoms with Crippen molar-refractivity contribution in [2.45, 2.75) is 130 Å². The molecule has 0 aromatic carbocycles. The number of hydrogen-bond donors (Lipinski definition) is 1. The van der Waals surface area contributed by atoms with Crippen LogP contribution in [-0.4, -0.2) is 6.54 Å². The van der Waals surface area contributed by atoms with Crippen LogP contribution in [0, 0.1) is 11.3 Å². The van der Waals surface area contributed by atoms with Gasteiger partial charge in [-0.3, -0.25) is 0 Å². The van der Waals surface area contributed by atoms with Crippen LogP contribution < -0.4 is 5.73 Å². The summed E-state index contributed by atoms with van der Waals surface area (Å²) in [5.41, 5.74) is 6.38. The van der Waals surface area contributed by atoms with Crippen LogP contribution in [0.1, 0.15) is 130 Å². The highest BCUT2D eigenvalue weighted by Crippen LogP contribution is 2.40. The molecule has 1 heteroatoms. The Morgan fingerprint density at radius 2 is 1.21 bits per heavy atom. The second-order valence-electron chi connectivity index (χ2n) is 8.58. The monoisotopic (exact) mass is 339 g/mol. The lowest BCUT2D eigenvalue weighted by Gasteiger charge is -2.34. The maximum absolute atomic E-state index is 5.80. The first-order chi connectivity index (χ1) is 11.6. The molecule has 0 amide bonds. The van der Waals surface area contributed by atoms with Crippen LogP contribution in [0.2, 0.25) is 0 Å². The Balaban J connectivity index is 4.50. The van der Waals surface area contributed by atoms with Crippen LogP contribution >= 0.6 is 0 Å². The third-order valence-corrected chi connectivity index (χ3v) is 5.83. The first-order valence-electron chi connectivity index (χ1n) is 11.3. The van der Waals surface area contributed by atoms with E-state index in [2.05, 4.69) is 27.7 Å². The van der Waals surface area contributed by atoms with Crippen LogP contribution in [0.5, 0.6) is 0 Å². The van der Waals surface area contributed by atoms with Gasteiger partial charge in [0, 0.05) is 0 Å². The molecule has 2 unspecified atom stereocenters. The summed E-state index contributed by atoms with van der Waals surface area (Å²) in [4.78, 5) is 0. The highest BCUT2D eigenvalue weighted by atomic mass is 14.5. The minimum atomic E-state index is 0.577. The van der Waals surface area contributed by atoms with Crippen LogP contribution in [0.4, 0.5) is 0 Å². The Bertz CT molecular complexity index is 250. The molecular weight excluding hydrogens is 290 g/mol. The molecule has 0 bridgehead atoms. The van der Waals surface area contributed by atoms with Crippen molar-refractivity contribution in [2.24, 2.45) is 17.1 Å². The summed E-state index contributed by atoms with van der Waals surface area (Å²) < 4.78 is 0. The summed E-state index contributed by atoms with van der Waals surface area (Å²) in [6.45, 7) is 10.4. The molecule has 0 aliphatic rings. The third kappa shape index (κ3) is 13.3. The van der Waals surface area contributed by atoms with Crippen molar-refractivity contribution >= 4 is 0 Å². The SMILES string of the molecule is CCCCCCCC(C)(CCCC)CC(CCCN)CCCCC. The quantitative estimate of drug-likeness (QED) is 0.253. The van der Waals surface area contributed by atoms with Gasteiger partial charge in [-0.25, -0.2) is 0 Å². The van der Waals surface area contributed by atoms with Crippen molar-refractivity contribution in [1.29, 1.82) is 0 Å². The smallest absolute Gasteiger partial charge is 0.00772 e. The zero-order chi connectivity index (χ0) is 18.1. The van der Waals surface area contributed by atoms with Gasteiger partial charge in [-0.05, 0) is 50.0 Å². The topological polar surface area (TPSA) is 26.0 Å². The van der Waals surface area contributed by atoms with E-state index in [0.29, 0.717) is 5.41 Å². The highest BCUT2D eigenvalue weighted by Gasteiger charge is 2.27. The number of nitrogens with two attached hydrogens (primary N) is 1. The predicted octanol–water partition coefficient (Wildman–Crippen LogP) is 7.87. The molecule has 0 aliphatic heterocycles. The van der Waals surface area contributed by atoms with Gasteiger partial charge in [0.05, 0.1) is 0 Å². The van der Waals surface area contributed by atoms with Crippen molar-refractivity contribution in [1.82, 2.24) is 0 Å². The normalized spacial score (nSPS) is 15.4. The molecule has 0 rings (SSSR count). The van der Waals surface area contributed by atoms with Gasteiger partial charge in [0.1, 0.15) is 0 Å². The molecule has 0 saturated carbocycles. The van der Waals surface area contributed by atoms with Gasteiger partial charge in [-0.15, -0.1) is 0 Å². The average Bonchev–Trinajstić information content (AvgIpc) is 2.58. The molecule has 0 fully saturated rings. The number of rotatable bonds is 18. The van der Waals surface area contributed by atoms with E-state index in [9.17, 15) is 0 Å². The Morgan fingerprint density at radius 1 is 0.667 bits per heavy atom. The molecule has 24 heavy (non-hydrogen) atoms. The van der Waals surface area contributed by atoms with Crippen LogP contribution in [0.3, 0.4) is 0 Å². The zero-order valence-electron chi connectivity index (χ0n) is 17.7. The zero-order valence-corrected chi connectivity index (χ0v) is 17.7. The Kier molecular flexibility index (Phi) is 16.4. The van der Waals surface area contributed by atoms with E-state index >= 15 is 0 Å². The molecule has 1 nitrogen and oxygen atoms in total. The molecule has 0 heterocycles. The lowest BCUT2D eigenvalue weighted by Crippen LogP contribution is -2.22. The molecule has 0 saturated heterocycles. The molecule has 0 aromatic heterocycles. The van der Waals surface area contributed by atoms with Crippen molar-refractivity contribution in [2.75, 3.05) is 6.54 Å². The highest BCUT2D eigenvalue weighted by molar-refractivity contribution is 4.79. The second kappa shape index (κ2) is 16.4. The summed E-state index contributed by atoms with van der Waals surface area (Å²) in [6.07, 6.45) is 22.4. The van der Waals surface area contributed by atoms with E-state index in [4.69, 9.17) is 5.73 Å². The third-order valence-electron chi connectivity index (χ3n) is 5.83. The molecule has 0 spiro atoms. The largest absolute Gasteiger partial charge is 0.330 e. The summed E-state index contributed by atoms with van der Waals surface area (Å²) >= 11 is 0. The summed E-state index contributed by atoms with van der Waals surface area (Å²) in [5, 5.41) is 0. The van der Waals surface area contributed by atoms with E-state index in [1.54, 1.807) is 0 Å². The van der Waals surface area contributed by atoms with Gasteiger partial charge in [-0.2, -0.15) is 0 Å². The fourth-order valence-corrected chi connectivity index (χ4v) is 4.22. The molecule has 0 aliphatic carbocycles. The fourth-order valence-electron chi connectivity index (χ4n) is 4.22. The minimum Gasteiger partial charge on any atom is -0.330 e. The van der Waals surface area contributed by atoms with Gasteiger partial charge >= 0.3 is 0 Å².